The first-order valence-electron chi connectivity index (χ1n) is 11.2. The van der Waals surface area contributed by atoms with Gasteiger partial charge in [-0.2, -0.15) is 0 Å². The lowest BCUT2D eigenvalue weighted by Gasteiger charge is -2.27. The van der Waals surface area contributed by atoms with Gasteiger partial charge in [0.05, 0.1) is 22.6 Å². The number of anilines is 2. The van der Waals surface area contributed by atoms with Crippen molar-refractivity contribution in [1.29, 1.82) is 0 Å². The van der Waals surface area contributed by atoms with Crippen molar-refractivity contribution in [3.63, 3.8) is 0 Å². The number of carbonyl (C=O) groups excluding carboxylic acids is 1. The average molecular weight is 548 g/mol. The molecule has 0 fully saturated rings. The van der Waals surface area contributed by atoms with Crippen LogP contribution in [0.25, 0.3) is 0 Å². The minimum Gasteiger partial charge on any atom is -0.497 e. The van der Waals surface area contributed by atoms with Gasteiger partial charge < -0.3 is 9.64 Å². The summed E-state index contributed by atoms with van der Waals surface area (Å²) in [5.74, 6) is -0.938. The summed E-state index contributed by atoms with van der Waals surface area (Å²) in [4.78, 5) is 14.8. The lowest BCUT2D eigenvalue weighted by molar-refractivity contribution is -0.117. The molecule has 37 heavy (non-hydrogen) atoms. The topological polar surface area (TPSA) is 104 Å². The highest BCUT2D eigenvalue weighted by molar-refractivity contribution is 7.92. The van der Waals surface area contributed by atoms with Gasteiger partial charge in [-0.1, -0.05) is 12.1 Å². The molecule has 1 aliphatic rings. The number of carbonyl (C=O) groups is 1. The number of halogens is 1. The van der Waals surface area contributed by atoms with E-state index in [4.69, 9.17) is 4.74 Å². The van der Waals surface area contributed by atoms with Crippen molar-refractivity contribution >= 4 is 37.3 Å². The first-order chi connectivity index (χ1) is 17.5. The maximum atomic E-state index is 14.8. The number of sulfonamides is 2. The first-order valence-corrected chi connectivity index (χ1v) is 14.1. The van der Waals surface area contributed by atoms with Crippen LogP contribution in [0, 0.1) is 5.82 Å². The van der Waals surface area contributed by atoms with Crippen LogP contribution in [0.4, 0.5) is 15.8 Å². The summed E-state index contributed by atoms with van der Waals surface area (Å²) in [6.45, 7) is -0.431. The molecule has 0 saturated heterocycles. The van der Waals surface area contributed by atoms with E-state index >= 15 is 0 Å². The van der Waals surface area contributed by atoms with E-state index in [0.29, 0.717) is 23.4 Å². The fraction of sp³-hybridized carbons (Fsp3) is 0.240. The van der Waals surface area contributed by atoms with E-state index in [1.54, 1.807) is 0 Å². The third kappa shape index (κ3) is 5.04. The van der Waals surface area contributed by atoms with Gasteiger partial charge in [-0.3, -0.25) is 9.10 Å². The van der Waals surface area contributed by atoms with Crippen molar-refractivity contribution in [2.24, 2.45) is 0 Å². The molecule has 3 aromatic rings. The van der Waals surface area contributed by atoms with E-state index in [1.807, 2.05) is 0 Å². The number of fused-ring (bicyclic) bond motifs is 1. The van der Waals surface area contributed by atoms with Crippen LogP contribution < -0.4 is 13.9 Å². The Morgan fingerprint density at radius 3 is 2.22 bits per heavy atom. The highest BCUT2D eigenvalue weighted by Gasteiger charge is 2.33. The molecule has 0 atom stereocenters. The van der Waals surface area contributed by atoms with Crippen molar-refractivity contribution in [3.8, 4) is 5.75 Å². The van der Waals surface area contributed by atoms with Crippen LogP contribution in [-0.2, 0) is 31.3 Å². The molecular formula is C25H26FN3O6S2. The van der Waals surface area contributed by atoms with E-state index in [0.717, 1.165) is 14.7 Å². The second-order valence-electron chi connectivity index (χ2n) is 8.51. The molecule has 0 aromatic heterocycles. The van der Waals surface area contributed by atoms with E-state index < -0.39 is 38.3 Å². The summed E-state index contributed by atoms with van der Waals surface area (Å²) in [7, 11) is -3.69. The van der Waals surface area contributed by atoms with Gasteiger partial charge in [0.25, 0.3) is 10.0 Å². The van der Waals surface area contributed by atoms with Crippen LogP contribution in [-0.4, -0.2) is 61.3 Å². The molecular weight excluding hydrogens is 521 g/mol. The van der Waals surface area contributed by atoms with Gasteiger partial charge in [-0.15, -0.1) is 0 Å². The molecule has 0 aliphatic carbocycles. The number of benzene rings is 3. The van der Waals surface area contributed by atoms with E-state index in [9.17, 15) is 26.0 Å². The third-order valence-electron chi connectivity index (χ3n) is 6.07. The third-order valence-corrected chi connectivity index (χ3v) is 9.66. The summed E-state index contributed by atoms with van der Waals surface area (Å²) < 4.78 is 73.9. The predicted molar refractivity (Wildman–Crippen MR) is 137 cm³/mol. The Kier molecular flexibility index (Phi) is 7.27. The number of methoxy groups -OCH3 is 1. The van der Waals surface area contributed by atoms with Gasteiger partial charge in [-0.05, 0) is 66.6 Å². The van der Waals surface area contributed by atoms with Crippen LogP contribution in [0.3, 0.4) is 0 Å². The zero-order valence-corrected chi connectivity index (χ0v) is 22.1. The first kappa shape index (κ1) is 26.6. The highest BCUT2D eigenvalue weighted by Crippen LogP contribution is 2.32. The quantitative estimate of drug-likeness (QED) is 0.430. The van der Waals surface area contributed by atoms with Crippen molar-refractivity contribution in [3.05, 3.63) is 78.1 Å². The van der Waals surface area contributed by atoms with E-state index in [2.05, 4.69) is 0 Å². The van der Waals surface area contributed by atoms with Crippen LogP contribution in [0.15, 0.2) is 76.5 Å². The Morgan fingerprint density at radius 1 is 0.946 bits per heavy atom. The summed E-state index contributed by atoms with van der Waals surface area (Å²) in [6, 6.07) is 15.3. The van der Waals surface area contributed by atoms with Gasteiger partial charge in [0.15, 0.2) is 0 Å². The van der Waals surface area contributed by atoms with Gasteiger partial charge in [0.1, 0.15) is 18.1 Å². The zero-order chi connectivity index (χ0) is 27.0. The number of hydrogen-bond donors (Lipinski definition) is 0. The fourth-order valence-electron chi connectivity index (χ4n) is 4.05. The van der Waals surface area contributed by atoms with Crippen molar-refractivity contribution in [1.82, 2.24) is 4.31 Å². The van der Waals surface area contributed by atoms with Crippen molar-refractivity contribution in [2.75, 3.05) is 43.5 Å². The smallest absolute Gasteiger partial charge is 0.264 e. The van der Waals surface area contributed by atoms with Crippen LogP contribution in [0.1, 0.15) is 5.56 Å². The summed E-state index contributed by atoms with van der Waals surface area (Å²) in [5.41, 5.74) is 0.864. The Balaban J connectivity index is 1.69. The molecule has 196 valence electrons. The number of nitrogens with zero attached hydrogens (tertiary/aromatic N) is 3. The van der Waals surface area contributed by atoms with Crippen molar-refractivity contribution in [2.45, 2.75) is 16.2 Å². The number of para-hydroxylation sites is 1. The lowest BCUT2D eigenvalue weighted by atomic mass is 10.2. The van der Waals surface area contributed by atoms with Crippen LogP contribution in [0.2, 0.25) is 0 Å². The van der Waals surface area contributed by atoms with E-state index in [-0.39, 0.29) is 22.0 Å². The second kappa shape index (κ2) is 10.1. The lowest BCUT2D eigenvalue weighted by Crippen LogP contribution is -2.43. The summed E-state index contributed by atoms with van der Waals surface area (Å²) >= 11 is 0. The summed E-state index contributed by atoms with van der Waals surface area (Å²) in [6.07, 6.45) is 0.392. The minimum atomic E-state index is -4.33. The Hall–Kier alpha value is -3.48. The standard InChI is InChI=1S/C25H26FN3O6S2/c1-27(2)36(31,32)21-12-13-23-18(16-21)14-15-28(23)25(30)17-29(24-7-5-4-6-22(24)26)37(33,34)20-10-8-19(35-3)9-11-20/h4-13,16H,14-15,17H2,1-3H3. The van der Waals surface area contributed by atoms with Gasteiger partial charge in [0, 0.05) is 26.3 Å². The van der Waals surface area contributed by atoms with Gasteiger partial charge >= 0.3 is 0 Å². The molecule has 0 bridgehead atoms. The fourth-order valence-corrected chi connectivity index (χ4v) is 6.42. The molecule has 0 N–H and O–H groups in total. The van der Waals surface area contributed by atoms with Gasteiger partial charge in [0.2, 0.25) is 15.9 Å². The maximum absolute atomic E-state index is 14.8. The number of rotatable bonds is 8. The predicted octanol–water partition coefficient (Wildman–Crippen LogP) is 2.87. The van der Waals surface area contributed by atoms with E-state index in [1.165, 1.54) is 86.8 Å². The SMILES string of the molecule is COc1ccc(S(=O)(=O)N(CC(=O)N2CCc3cc(S(=O)(=O)N(C)C)ccc32)c2ccccc2F)cc1. The molecule has 0 radical (unpaired) electrons. The van der Waals surface area contributed by atoms with Crippen LogP contribution in [0.5, 0.6) is 5.75 Å². The number of hydrogen-bond acceptors (Lipinski definition) is 6. The van der Waals surface area contributed by atoms with Crippen LogP contribution >= 0.6 is 0 Å². The molecule has 1 aliphatic heterocycles. The average Bonchev–Trinajstić information content (AvgIpc) is 3.31. The molecule has 4 rings (SSSR count). The summed E-state index contributed by atoms with van der Waals surface area (Å²) in [5, 5.41) is 0. The van der Waals surface area contributed by atoms with Crippen molar-refractivity contribution < 1.29 is 30.8 Å². The second-order valence-corrected chi connectivity index (χ2v) is 12.5. The van der Waals surface area contributed by atoms with Gasteiger partial charge in [-0.25, -0.2) is 25.5 Å². The maximum Gasteiger partial charge on any atom is 0.264 e. The number of amides is 1. The monoisotopic (exact) mass is 547 g/mol. The normalized spacial score (nSPS) is 13.5. The highest BCUT2D eigenvalue weighted by atomic mass is 32.2. The molecule has 0 saturated carbocycles. The Labute approximate surface area is 215 Å². The minimum absolute atomic E-state index is 0.0978. The molecule has 9 nitrogen and oxygen atoms in total. The molecule has 12 heteroatoms. The molecule has 0 unspecified atom stereocenters. The molecule has 1 amide bonds. The Morgan fingerprint density at radius 2 is 1.59 bits per heavy atom. The number of ether oxygens (including phenoxy) is 1. The molecule has 0 spiro atoms. The zero-order valence-electron chi connectivity index (χ0n) is 20.5. The Bertz CT molecular complexity index is 1540. The molecule has 1 heterocycles. The molecule has 3 aromatic carbocycles. The largest absolute Gasteiger partial charge is 0.497 e.